The van der Waals surface area contributed by atoms with Gasteiger partial charge in [-0.25, -0.2) is 0 Å². The Balaban J connectivity index is 1.51. The number of para-hydroxylation sites is 1. The molecule has 3 heterocycles. The first-order valence-electron chi connectivity index (χ1n) is 14.2. The summed E-state index contributed by atoms with van der Waals surface area (Å²) >= 11 is 0. The van der Waals surface area contributed by atoms with Gasteiger partial charge in [0.15, 0.2) is 23.1 Å². The number of ketones is 2. The van der Waals surface area contributed by atoms with Crippen LogP contribution in [0.2, 0.25) is 0 Å². The van der Waals surface area contributed by atoms with Crippen LogP contribution < -0.4 is 14.8 Å². The van der Waals surface area contributed by atoms with Crippen molar-refractivity contribution in [1.82, 2.24) is 4.90 Å². The number of carbonyl (C=O) groups is 3. The standard InChI is InChI=1S/C36H30N2O5/c1-21-12-14-23(15-13-21)32(39)30-31(33(40)24-16-17-28(42-2)29(20-24)43-3)38-19-18-22-8-4-5-9-25(22)34(38)36(30)26-10-6-7-11-27(26)37-35(36)41/h4-20,30-31,34H,1-3H3,(H,37,41)/t30-,31+,34+,36+/m1/s1. The van der Waals surface area contributed by atoms with Gasteiger partial charge in [-0.15, -0.1) is 0 Å². The van der Waals surface area contributed by atoms with Crippen LogP contribution in [0, 0.1) is 12.8 Å². The zero-order valence-corrected chi connectivity index (χ0v) is 24.0. The summed E-state index contributed by atoms with van der Waals surface area (Å²) in [6.45, 7) is 1.96. The fourth-order valence-corrected chi connectivity index (χ4v) is 7.23. The summed E-state index contributed by atoms with van der Waals surface area (Å²) in [5.41, 5.74) is 3.65. The number of benzene rings is 4. The highest BCUT2D eigenvalue weighted by Crippen LogP contribution is 2.62. The maximum absolute atomic E-state index is 14.9. The summed E-state index contributed by atoms with van der Waals surface area (Å²) in [7, 11) is 3.05. The molecule has 4 aromatic rings. The van der Waals surface area contributed by atoms with Crippen molar-refractivity contribution in [3.8, 4) is 11.5 Å². The number of rotatable bonds is 6. The van der Waals surface area contributed by atoms with Crippen LogP contribution in [0.3, 0.4) is 0 Å². The minimum absolute atomic E-state index is 0.258. The van der Waals surface area contributed by atoms with E-state index in [4.69, 9.17) is 9.47 Å². The highest BCUT2D eigenvalue weighted by atomic mass is 16.5. The Morgan fingerprint density at radius 2 is 1.51 bits per heavy atom. The number of carbonyl (C=O) groups excluding carboxylic acids is 3. The Morgan fingerprint density at radius 3 is 2.28 bits per heavy atom. The number of anilines is 1. The molecule has 0 radical (unpaired) electrons. The normalized spacial score (nSPS) is 22.9. The van der Waals surface area contributed by atoms with Gasteiger partial charge < -0.3 is 19.7 Å². The van der Waals surface area contributed by atoms with E-state index in [1.165, 1.54) is 14.2 Å². The number of nitrogens with zero attached hydrogens (tertiary/aromatic N) is 1. The lowest BCUT2D eigenvalue weighted by Crippen LogP contribution is -2.49. The average molecular weight is 571 g/mol. The Morgan fingerprint density at radius 1 is 0.814 bits per heavy atom. The second-order valence-electron chi connectivity index (χ2n) is 11.2. The number of Topliss-reactive ketones (excluding diaryl/α,β-unsaturated/α-hetero) is 2. The predicted octanol–water partition coefficient (Wildman–Crippen LogP) is 5.99. The van der Waals surface area contributed by atoms with Crippen LogP contribution in [0.5, 0.6) is 11.5 Å². The summed E-state index contributed by atoms with van der Waals surface area (Å²) in [6, 6.07) is 26.1. The molecular weight excluding hydrogens is 540 g/mol. The Kier molecular flexibility index (Phi) is 6.20. The minimum atomic E-state index is -1.38. The second-order valence-corrected chi connectivity index (χ2v) is 11.2. The van der Waals surface area contributed by atoms with Gasteiger partial charge in [-0.1, -0.05) is 72.3 Å². The number of methoxy groups -OCH3 is 2. The summed E-state index contributed by atoms with van der Waals surface area (Å²) in [4.78, 5) is 46.1. The lowest BCUT2D eigenvalue weighted by Gasteiger charge is -2.38. The molecule has 3 aliphatic rings. The number of nitrogens with one attached hydrogen (secondary N) is 1. The third-order valence-electron chi connectivity index (χ3n) is 9.13. The third kappa shape index (κ3) is 3.77. The van der Waals surface area contributed by atoms with Gasteiger partial charge in [0.1, 0.15) is 11.5 Å². The van der Waals surface area contributed by atoms with Gasteiger partial charge in [-0.05, 0) is 54.0 Å². The molecule has 7 rings (SSSR count). The molecule has 1 amide bonds. The maximum Gasteiger partial charge on any atom is 0.238 e. The van der Waals surface area contributed by atoms with E-state index in [1.807, 2.05) is 84.8 Å². The Hall–Kier alpha value is -5.17. The zero-order valence-electron chi connectivity index (χ0n) is 24.0. The summed E-state index contributed by atoms with van der Waals surface area (Å²) in [6.07, 6.45) is 3.82. The molecule has 1 saturated heterocycles. The van der Waals surface area contributed by atoms with Crippen LogP contribution in [0.15, 0.2) is 97.2 Å². The highest BCUT2D eigenvalue weighted by molar-refractivity contribution is 6.16. The van der Waals surface area contributed by atoms with Gasteiger partial charge in [-0.2, -0.15) is 0 Å². The molecule has 1 spiro atoms. The van der Waals surface area contributed by atoms with E-state index in [0.29, 0.717) is 33.9 Å². The lowest BCUT2D eigenvalue weighted by molar-refractivity contribution is -0.122. The molecule has 1 N–H and O–H groups in total. The SMILES string of the molecule is COc1ccc(C(=O)[C@@H]2[C@H](C(=O)c3ccc(C)cc3)[C@]3(C(=O)Nc4ccccc43)[C@@H]3c4ccccc4C=CN23)cc1OC. The monoisotopic (exact) mass is 570 g/mol. The molecule has 0 bridgehead atoms. The van der Waals surface area contributed by atoms with E-state index in [-0.39, 0.29) is 17.5 Å². The summed E-state index contributed by atoms with van der Waals surface area (Å²) in [5.74, 6) is -0.979. The molecule has 214 valence electrons. The van der Waals surface area contributed by atoms with Gasteiger partial charge in [0.25, 0.3) is 0 Å². The Labute approximate surface area is 249 Å². The van der Waals surface area contributed by atoms with E-state index in [0.717, 1.165) is 16.7 Å². The minimum Gasteiger partial charge on any atom is -0.493 e. The second kappa shape index (κ2) is 9.98. The van der Waals surface area contributed by atoms with Crippen LogP contribution in [-0.4, -0.2) is 42.6 Å². The largest absolute Gasteiger partial charge is 0.493 e. The summed E-state index contributed by atoms with van der Waals surface area (Å²) < 4.78 is 10.9. The van der Waals surface area contributed by atoms with Crippen LogP contribution in [0.25, 0.3) is 6.08 Å². The van der Waals surface area contributed by atoms with Gasteiger partial charge in [0.2, 0.25) is 5.91 Å². The maximum atomic E-state index is 14.9. The molecule has 3 aliphatic heterocycles. The molecule has 43 heavy (non-hydrogen) atoms. The van der Waals surface area contributed by atoms with E-state index >= 15 is 0 Å². The Bertz CT molecular complexity index is 1830. The van der Waals surface area contributed by atoms with E-state index in [2.05, 4.69) is 5.32 Å². The fourth-order valence-electron chi connectivity index (χ4n) is 7.23. The van der Waals surface area contributed by atoms with Crippen LogP contribution in [0.4, 0.5) is 5.69 Å². The van der Waals surface area contributed by atoms with Crippen molar-refractivity contribution in [2.45, 2.75) is 24.4 Å². The molecule has 0 aliphatic carbocycles. The molecule has 0 saturated carbocycles. The van der Waals surface area contributed by atoms with Gasteiger partial charge in [0.05, 0.1) is 26.2 Å². The molecular formula is C36H30N2O5. The molecule has 4 aromatic carbocycles. The zero-order chi connectivity index (χ0) is 29.9. The molecule has 4 atom stereocenters. The molecule has 7 nitrogen and oxygen atoms in total. The van der Waals surface area contributed by atoms with Crippen LogP contribution in [0.1, 0.15) is 49.0 Å². The van der Waals surface area contributed by atoms with E-state index < -0.39 is 23.4 Å². The number of hydrogen-bond donors (Lipinski definition) is 1. The van der Waals surface area contributed by atoms with Crippen LogP contribution >= 0.6 is 0 Å². The van der Waals surface area contributed by atoms with Crippen molar-refractivity contribution in [2.24, 2.45) is 5.92 Å². The summed E-state index contributed by atoms with van der Waals surface area (Å²) in [5, 5.41) is 3.08. The van der Waals surface area contributed by atoms with Gasteiger partial charge >= 0.3 is 0 Å². The van der Waals surface area contributed by atoms with Crippen LogP contribution in [-0.2, 0) is 10.2 Å². The van der Waals surface area contributed by atoms with E-state index in [9.17, 15) is 14.4 Å². The predicted molar refractivity (Wildman–Crippen MR) is 163 cm³/mol. The van der Waals surface area contributed by atoms with E-state index in [1.54, 1.807) is 30.3 Å². The number of hydrogen-bond acceptors (Lipinski definition) is 6. The fraction of sp³-hybridized carbons (Fsp3) is 0.194. The average Bonchev–Trinajstić information content (AvgIpc) is 3.52. The van der Waals surface area contributed by atoms with Crippen molar-refractivity contribution in [3.63, 3.8) is 0 Å². The first-order chi connectivity index (χ1) is 20.9. The molecule has 0 unspecified atom stereocenters. The topological polar surface area (TPSA) is 84.9 Å². The highest BCUT2D eigenvalue weighted by Gasteiger charge is 2.70. The number of aryl methyl sites for hydroxylation is 1. The van der Waals surface area contributed by atoms with Crippen molar-refractivity contribution in [2.75, 3.05) is 19.5 Å². The number of ether oxygens (including phenoxy) is 2. The van der Waals surface area contributed by atoms with Gasteiger partial charge in [0, 0.05) is 23.0 Å². The molecule has 7 heteroatoms. The smallest absolute Gasteiger partial charge is 0.238 e. The first kappa shape index (κ1) is 26.7. The van der Waals surface area contributed by atoms with Gasteiger partial charge in [-0.3, -0.25) is 14.4 Å². The molecule has 1 fully saturated rings. The number of amides is 1. The lowest BCUT2D eigenvalue weighted by atomic mass is 9.62. The van der Waals surface area contributed by atoms with Crippen molar-refractivity contribution in [1.29, 1.82) is 0 Å². The third-order valence-corrected chi connectivity index (χ3v) is 9.13. The molecule has 0 aromatic heterocycles. The number of fused-ring (bicyclic) bond motifs is 6. The van der Waals surface area contributed by atoms with Crippen molar-refractivity contribution >= 4 is 29.2 Å². The first-order valence-corrected chi connectivity index (χ1v) is 14.2. The van der Waals surface area contributed by atoms with Crippen molar-refractivity contribution in [3.05, 3.63) is 131 Å². The quantitative estimate of drug-likeness (QED) is 0.287. The van der Waals surface area contributed by atoms with Crippen molar-refractivity contribution < 1.29 is 23.9 Å².